The summed E-state index contributed by atoms with van der Waals surface area (Å²) in [5.74, 6) is 1.88. The van der Waals surface area contributed by atoms with Crippen LogP contribution >= 0.6 is 0 Å². The monoisotopic (exact) mass is 460 g/mol. The van der Waals surface area contributed by atoms with E-state index < -0.39 is 0 Å². The van der Waals surface area contributed by atoms with Crippen LogP contribution in [-0.2, 0) is 13.0 Å². The average molecular weight is 461 g/mol. The molecule has 1 aromatic carbocycles. The van der Waals surface area contributed by atoms with Gasteiger partial charge in [-0.3, -0.25) is 0 Å². The van der Waals surface area contributed by atoms with Crippen molar-refractivity contribution >= 4 is 16.9 Å². The Labute approximate surface area is 204 Å². The zero-order valence-corrected chi connectivity index (χ0v) is 21.1. The summed E-state index contributed by atoms with van der Waals surface area (Å²) in [7, 11) is 2.25. The van der Waals surface area contributed by atoms with Gasteiger partial charge in [-0.2, -0.15) is 0 Å². The second kappa shape index (κ2) is 10.4. The summed E-state index contributed by atoms with van der Waals surface area (Å²) in [5, 5.41) is 3.70. The first-order chi connectivity index (χ1) is 16.6. The fourth-order valence-electron chi connectivity index (χ4n) is 5.67. The van der Waals surface area contributed by atoms with Crippen LogP contribution in [-0.4, -0.2) is 70.1 Å². The number of benzene rings is 1. The number of pyridine rings is 1. The third-order valence-electron chi connectivity index (χ3n) is 7.97. The first-order valence-electron chi connectivity index (χ1n) is 13.2. The highest BCUT2D eigenvalue weighted by Crippen LogP contribution is 2.25. The molecule has 0 aliphatic carbocycles. The molecule has 0 saturated carbocycles. The SMILES string of the molecule is CCc1nc2c(C)ccnc2n1Cc1ccc(NCC2CCN(C3CCN(C)CC3)CC2)cc1. The smallest absolute Gasteiger partial charge is 0.160 e. The maximum Gasteiger partial charge on any atom is 0.160 e. The number of hydrogen-bond donors (Lipinski definition) is 1. The molecule has 2 saturated heterocycles. The van der Waals surface area contributed by atoms with Crippen LogP contribution in [0, 0.1) is 12.8 Å². The van der Waals surface area contributed by atoms with E-state index in [0.717, 1.165) is 48.5 Å². The Kier molecular flexibility index (Phi) is 7.16. The molecule has 2 fully saturated rings. The molecule has 0 spiro atoms. The van der Waals surface area contributed by atoms with Gasteiger partial charge < -0.3 is 19.7 Å². The highest BCUT2D eigenvalue weighted by molar-refractivity contribution is 5.75. The number of nitrogens with one attached hydrogen (secondary N) is 1. The number of nitrogens with zero attached hydrogens (tertiary/aromatic N) is 5. The van der Waals surface area contributed by atoms with Gasteiger partial charge in [0.2, 0.25) is 0 Å². The van der Waals surface area contributed by atoms with Gasteiger partial charge in [0.1, 0.15) is 11.3 Å². The molecule has 1 N–H and O–H groups in total. The summed E-state index contributed by atoms with van der Waals surface area (Å²) in [4.78, 5) is 14.7. The quantitative estimate of drug-likeness (QED) is 0.560. The third-order valence-corrected chi connectivity index (χ3v) is 7.97. The van der Waals surface area contributed by atoms with E-state index in [9.17, 15) is 0 Å². The molecular weight excluding hydrogens is 420 g/mol. The van der Waals surface area contributed by atoms with Gasteiger partial charge in [0, 0.05) is 30.9 Å². The maximum absolute atomic E-state index is 4.85. The van der Waals surface area contributed by atoms with Crippen molar-refractivity contribution in [1.82, 2.24) is 24.3 Å². The molecule has 0 amide bonds. The Bertz CT molecular complexity index is 1070. The second-order valence-corrected chi connectivity index (χ2v) is 10.4. The Morgan fingerprint density at radius 2 is 1.71 bits per heavy atom. The van der Waals surface area contributed by atoms with Crippen LogP contribution in [0.25, 0.3) is 11.2 Å². The third kappa shape index (κ3) is 5.13. The predicted molar refractivity (Wildman–Crippen MR) is 140 cm³/mol. The lowest BCUT2D eigenvalue weighted by Crippen LogP contribution is -2.47. The minimum atomic E-state index is 0.779. The number of piperidine rings is 2. The van der Waals surface area contributed by atoms with Crippen LogP contribution < -0.4 is 5.32 Å². The minimum Gasteiger partial charge on any atom is -0.385 e. The lowest BCUT2D eigenvalue weighted by Gasteiger charge is -2.41. The zero-order chi connectivity index (χ0) is 23.5. The molecule has 2 aliphatic heterocycles. The normalized spacial score (nSPS) is 19.1. The largest absolute Gasteiger partial charge is 0.385 e. The minimum absolute atomic E-state index is 0.779. The second-order valence-electron chi connectivity index (χ2n) is 10.4. The standard InChI is InChI=1S/C28H40N6/c1-4-26-31-27-21(2)9-14-29-28(27)34(26)20-23-5-7-24(8-6-23)30-19-22-10-17-33(18-11-22)25-12-15-32(3)16-13-25/h5-9,14,22,25,30H,4,10-13,15-20H2,1-3H3. The molecule has 0 unspecified atom stereocenters. The van der Waals surface area contributed by atoms with Crippen molar-refractivity contribution in [3.8, 4) is 0 Å². The fraction of sp³-hybridized carbons (Fsp3) is 0.571. The summed E-state index contributed by atoms with van der Waals surface area (Å²) in [6, 6.07) is 11.8. The van der Waals surface area contributed by atoms with Crippen molar-refractivity contribution in [2.24, 2.45) is 5.92 Å². The van der Waals surface area contributed by atoms with E-state index >= 15 is 0 Å². The number of anilines is 1. The van der Waals surface area contributed by atoms with Gasteiger partial charge in [-0.15, -0.1) is 0 Å². The molecule has 0 radical (unpaired) electrons. The first-order valence-corrected chi connectivity index (χ1v) is 13.2. The number of aromatic nitrogens is 3. The fourth-order valence-corrected chi connectivity index (χ4v) is 5.67. The van der Waals surface area contributed by atoms with Crippen molar-refractivity contribution in [2.45, 2.75) is 58.5 Å². The van der Waals surface area contributed by atoms with Crippen molar-refractivity contribution in [3.05, 3.63) is 53.5 Å². The molecule has 3 aromatic rings. The van der Waals surface area contributed by atoms with E-state index in [4.69, 9.17) is 4.98 Å². The Hall–Kier alpha value is -2.44. The maximum atomic E-state index is 4.85. The number of hydrogen-bond acceptors (Lipinski definition) is 5. The van der Waals surface area contributed by atoms with Crippen LogP contribution in [0.4, 0.5) is 5.69 Å². The molecule has 4 heterocycles. The van der Waals surface area contributed by atoms with E-state index in [0.29, 0.717) is 0 Å². The van der Waals surface area contributed by atoms with E-state index in [1.54, 1.807) is 0 Å². The molecule has 34 heavy (non-hydrogen) atoms. The van der Waals surface area contributed by atoms with Crippen LogP contribution in [0.3, 0.4) is 0 Å². The predicted octanol–water partition coefficient (Wildman–Crippen LogP) is 4.57. The van der Waals surface area contributed by atoms with Crippen molar-refractivity contribution in [2.75, 3.05) is 45.1 Å². The zero-order valence-electron chi connectivity index (χ0n) is 21.1. The average Bonchev–Trinajstić information content (AvgIpc) is 3.23. The molecular formula is C28H40N6. The Morgan fingerprint density at radius 1 is 0.971 bits per heavy atom. The van der Waals surface area contributed by atoms with Crippen LogP contribution in [0.15, 0.2) is 36.5 Å². The van der Waals surface area contributed by atoms with Gasteiger partial charge >= 0.3 is 0 Å². The highest BCUT2D eigenvalue weighted by atomic mass is 15.2. The molecule has 2 aromatic heterocycles. The van der Waals surface area contributed by atoms with Gasteiger partial charge in [-0.1, -0.05) is 19.1 Å². The molecule has 6 nitrogen and oxygen atoms in total. The number of rotatable bonds is 7. The van der Waals surface area contributed by atoms with Gasteiger partial charge in [-0.05, 0) is 101 Å². The van der Waals surface area contributed by atoms with Crippen molar-refractivity contribution < 1.29 is 0 Å². The molecule has 2 aliphatic rings. The van der Waals surface area contributed by atoms with E-state index in [-0.39, 0.29) is 0 Å². The number of fused-ring (bicyclic) bond motifs is 1. The van der Waals surface area contributed by atoms with E-state index in [1.165, 1.54) is 68.7 Å². The Morgan fingerprint density at radius 3 is 2.41 bits per heavy atom. The summed E-state index contributed by atoms with van der Waals surface area (Å²) < 4.78 is 2.27. The van der Waals surface area contributed by atoms with E-state index in [2.05, 4.69) is 69.8 Å². The van der Waals surface area contributed by atoms with E-state index in [1.807, 2.05) is 12.3 Å². The molecule has 6 heteroatoms. The van der Waals surface area contributed by atoms with Crippen LogP contribution in [0.5, 0.6) is 0 Å². The first kappa shape index (κ1) is 23.3. The summed E-state index contributed by atoms with van der Waals surface area (Å²) in [6.45, 7) is 11.2. The number of aryl methyl sites for hydroxylation is 2. The van der Waals surface area contributed by atoms with Crippen molar-refractivity contribution in [1.29, 1.82) is 0 Å². The van der Waals surface area contributed by atoms with Gasteiger partial charge in [0.15, 0.2) is 5.65 Å². The number of imidazole rings is 1. The van der Waals surface area contributed by atoms with Gasteiger partial charge in [0.25, 0.3) is 0 Å². The lowest BCUT2D eigenvalue weighted by molar-refractivity contribution is 0.0877. The highest BCUT2D eigenvalue weighted by Gasteiger charge is 2.27. The van der Waals surface area contributed by atoms with Crippen LogP contribution in [0.1, 0.15) is 49.6 Å². The summed E-state index contributed by atoms with van der Waals surface area (Å²) in [6.07, 6.45) is 8.12. The molecule has 5 rings (SSSR count). The van der Waals surface area contributed by atoms with Gasteiger partial charge in [0.05, 0.1) is 6.54 Å². The van der Waals surface area contributed by atoms with Gasteiger partial charge in [-0.25, -0.2) is 9.97 Å². The number of likely N-dealkylation sites (tertiary alicyclic amines) is 2. The summed E-state index contributed by atoms with van der Waals surface area (Å²) in [5.41, 5.74) is 5.72. The molecule has 0 bridgehead atoms. The molecule has 0 atom stereocenters. The Balaban J connectivity index is 1.13. The van der Waals surface area contributed by atoms with Crippen molar-refractivity contribution in [3.63, 3.8) is 0 Å². The molecule has 182 valence electrons. The van der Waals surface area contributed by atoms with Crippen LogP contribution in [0.2, 0.25) is 0 Å². The summed E-state index contributed by atoms with van der Waals surface area (Å²) >= 11 is 0. The lowest BCUT2D eigenvalue weighted by atomic mass is 9.93. The topological polar surface area (TPSA) is 49.2 Å².